The number of hydrogen-bond acceptors (Lipinski definition) is 6. The fraction of sp³-hybridized carbons (Fsp3) is 0.125. The molecule has 0 heterocycles. The first kappa shape index (κ1) is 22.8. The lowest BCUT2D eigenvalue weighted by Crippen LogP contribution is -2.26. The molecule has 1 amide bonds. The van der Waals surface area contributed by atoms with Crippen LogP contribution < -0.4 is 20.2 Å². The van der Waals surface area contributed by atoms with Gasteiger partial charge in [-0.3, -0.25) is 4.79 Å². The van der Waals surface area contributed by atoms with Gasteiger partial charge in [0.05, 0.1) is 30.5 Å². The number of benzene rings is 3. The Kier molecular flexibility index (Phi) is 7.83. The topological polar surface area (TPSA) is 89.0 Å². The van der Waals surface area contributed by atoms with Crippen molar-refractivity contribution in [3.8, 4) is 11.5 Å². The largest absolute Gasteiger partial charge is 0.493 e. The minimum atomic E-state index is -0.594. The first-order valence-electron chi connectivity index (χ1n) is 9.74. The minimum Gasteiger partial charge on any atom is -0.493 e. The number of anilines is 1. The van der Waals surface area contributed by atoms with Gasteiger partial charge in [-0.25, -0.2) is 10.2 Å². The maximum atomic E-state index is 12.4. The van der Waals surface area contributed by atoms with Gasteiger partial charge in [0, 0.05) is 5.69 Å². The van der Waals surface area contributed by atoms with Crippen molar-refractivity contribution >= 4 is 35.4 Å². The van der Waals surface area contributed by atoms with Gasteiger partial charge in [0.15, 0.2) is 11.5 Å². The summed E-state index contributed by atoms with van der Waals surface area (Å²) in [5.74, 6) is -0.312. The van der Waals surface area contributed by atoms with E-state index in [4.69, 9.17) is 21.1 Å². The Bertz CT molecular complexity index is 1150. The molecule has 32 heavy (non-hydrogen) atoms. The Balaban J connectivity index is 1.58. The zero-order chi connectivity index (χ0) is 22.9. The van der Waals surface area contributed by atoms with E-state index in [1.807, 2.05) is 31.2 Å². The van der Waals surface area contributed by atoms with Gasteiger partial charge in [-0.05, 0) is 54.4 Å². The number of hydrogen-bond donors (Lipinski definition) is 2. The van der Waals surface area contributed by atoms with E-state index in [0.717, 1.165) is 11.3 Å². The third kappa shape index (κ3) is 6.09. The highest BCUT2D eigenvalue weighted by Gasteiger charge is 2.15. The van der Waals surface area contributed by atoms with E-state index >= 15 is 0 Å². The number of hydrazone groups is 1. The molecular formula is C24H22ClN3O4. The molecule has 8 heteroatoms. The fourth-order valence-corrected chi connectivity index (χ4v) is 3.01. The van der Waals surface area contributed by atoms with Crippen molar-refractivity contribution in [2.75, 3.05) is 19.0 Å². The third-order valence-electron chi connectivity index (χ3n) is 4.47. The van der Waals surface area contributed by atoms with Crippen LogP contribution in [-0.4, -0.2) is 31.7 Å². The quantitative estimate of drug-likeness (QED) is 0.229. The molecular weight excluding hydrogens is 430 g/mol. The standard InChI is InChI=1S/C24H22ClN3O4/c1-16-7-3-6-10-20(16)26-15-23(29)28-27-14-17-11-12-21(22(13-17)31-2)32-24(30)18-8-4-5-9-19(18)25/h3-14,26H,15H2,1-2H3,(H,28,29). The summed E-state index contributed by atoms with van der Waals surface area (Å²) < 4.78 is 10.7. The second kappa shape index (κ2) is 11.0. The number of carbonyl (C=O) groups is 2. The Morgan fingerprint density at radius 1 is 1.03 bits per heavy atom. The van der Waals surface area contributed by atoms with Crippen LogP contribution in [0, 0.1) is 6.92 Å². The molecule has 0 bridgehead atoms. The summed E-state index contributed by atoms with van der Waals surface area (Å²) in [6.45, 7) is 2.05. The van der Waals surface area contributed by atoms with Crippen molar-refractivity contribution in [3.63, 3.8) is 0 Å². The van der Waals surface area contributed by atoms with Crippen LogP contribution >= 0.6 is 11.6 Å². The first-order valence-corrected chi connectivity index (χ1v) is 10.1. The summed E-state index contributed by atoms with van der Waals surface area (Å²) in [7, 11) is 1.46. The summed E-state index contributed by atoms with van der Waals surface area (Å²) in [6, 6.07) is 19.2. The van der Waals surface area contributed by atoms with Crippen molar-refractivity contribution in [2.45, 2.75) is 6.92 Å². The molecule has 0 unspecified atom stereocenters. The molecule has 0 fully saturated rings. The number of para-hydroxylation sites is 1. The van der Waals surface area contributed by atoms with E-state index in [2.05, 4.69) is 15.8 Å². The number of methoxy groups -OCH3 is 1. The molecule has 3 aromatic carbocycles. The van der Waals surface area contributed by atoms with Gasteiger partial charge in [0.25, 0.3) is 5.91 Å². The van der Waals surface area contributed by atoms with Crippen molar-refractivity contribution in [2.24, 2.45) is 5.10 Å². The predicted molar refractivity (Wildman–Crippen MR) is 125 cm³/mol. The van der Waals surface area contributed by atoms with Crippen LogP contribution in [0.5, 0.6) is 11.5 Å². The van der Waals surface area contributed by atoms with E-state index in [1.165, 1.54) is 13.3 Å². The van der Waals surface area contributed by atoms with Gasteiger partial charge in [-0.15, -0.1) is 0 Å². The number of amides is 1. The molecule has 0 aliphatic heterocycles. The highest BCUT2D eigenvalue weighted by atomic mass is 35.5. The van der Waals surface area contributed by atoms with Crippen molar-refractivity contribution in [3.05, 3.63) is 88.4 Å². The monoisotopic (exact) mass is 451 g/mol. The molecule has 0 aliphatic rings. The molecule has 0 saturated heterocycles. The molecule has 0 aromatic heterocycles. The molecule has 2 N–H and O–H groups in total. The molecule has 3 aromatic rings. The van der Waals surface area contributed by atoms with E-state index in [1.54, 1.807) is 42.5 Å². The molecule has 0 spiro atoms. The van der Waals surface area contributed by atoms with Crippen LogP contribution in [0.2, 0.25) is 5.02 Å². The highest BCUT2D eigenvalue weighted by Crippen LogP contribution is 2.29. The number of ether oxygens (including phenoxy) is 2. The molecule has 0 radical (unpaired) electrons. The number of carbonyl (C=O) groups excluding carboxylic acids is 2. The van der Waals surface area contributed by atoms with Gasteiger partial charge < -0.3 is 14.8 Å². The Hall–Kier alpha value is -3.84. The van der Waals surface area contributed by atoms with Gasteiger partial charge in [0.1, 0.15) is 0 Å². The lowest BCUT2D eigenvalue weighted by Gasteiger charge is -2.10. The number of aryl methyl sites for hydroxylation is 1. The second-order valence-corrected chi connectivity index (χ2v) is 7.15. The maximum Gasteiger partial charge on any atom is 0.345 e. The zero-order valence-corrected chi connectivity index (χ0v) is 18.3. The van der Waals surface area contributed by atoms with Crippen LogP contribution in [0.15, 0.2) is 71.8 Å². The summed E-state index contributed by atoms with van der Waals surface area (Å²) >= 11 is 6.04. The average molecular weight is 452 g/mol. The fourth-order valence-electron chi connectivity index (χ4n) is 2.80. The van der Waals surface area contributed by atoms with E-state index in [0.29, 0.717) is 16.3 Å². The number of rotatable bonds is 8. The van der Waals surface area contributed by atoms with Gasteiger partial charge in [0.2, 0.25) is 0 Å². The van der Waals surface area contributed by atoms with Crippen molar-refractivity contribution in [1.82, 2.24) is 5.43 Å². The van der Waals surface area contributed by atoms with Gasteiger partial charge in [-0.1, -0.05) is 41.9 Å². The van der Waals surface area contributed by atoms with E-state index < -0.39 is 5.97 Å². The van der Waals surface area contributed by atoms with Crippen LogP contribution in [0.1, 0.15) is 21.5 Å². The molecule has 0 saturated carbocycles. The number of nitrogens with zero attached hydrogens (tertiary/aromatic N) is 1. The molecule has 7 nitrogen and oxygen atoms in total. The van der Waals surface area contributed by atoms with Crippen LogP contribution in [0.4, 0.5) is 5.69 Å². The lowest BCUT2D eigenvalue weighted by atomic mass is 10.2. The smallest absolute Gasteiger partial charge is 0.345 e. The zero-order valence-electron chi connectivity index (χ0n) is 17.6. The predicted octanol–water partition coefficient (Wildman–Crippen LogP) is 4.44. The average Bonchev–Trinajstić information content (AvgIpc) is 2.79. The van der Waals surface area contributed by atoms with Crippen molar-refractivity contribution < 1.29 is 19.1 Å². The van der Waals surface area contributed by atoms with Gasteiger partial charge >= 0.3 is 5.97 Å². The normalized spacial score (nSPS) is 10.6. The second-order valence-electron chi connectivity index (χ2n) is 6.74. The summed E-state index contributed by atoms with van der Waals surface area (Å²) in [6.07, 6.45) is 1.47. The first-order chi connectivity index (χ1) is 15.5. The molecule has 3 rings (SSSR count). The number of esters is 1. The maximum absolute atomic E-state index is 12.4. The van der Waals surface area contributed by atoms with Crippen molar-refractivity contribution in [1.29, 1.82) is 0 Å². The SMILES string of the molecule is COc1cc(C=NNC(=O)CNc2ccccc2C)ccc1OC(=O)c1ccccc1Cl. The van der Waals surface area contributed by atoms with Gasteiger partial charge in [-0.2, -0.15) is 5.10 Å². The Morgan fingerprint density at radius 3 is 2.53 bits per heavy atom. The van der Waals surface area contributed by atoms with Crippen LogP contribution in [0.3, 0.4) is 0 Å². The molecule has 164 valence electrons. The Labute approximate surface area is 191 Å². The van der Waals surface area contributed by atoms with Crippen LogP contribution in [0.25, 0.3) is 0 Å². The van der Waals surface area contributed by atoms with Crippen LogP contribution in [-0.2, 0) is 4.79 Å². The third-order valence-corrected chi connectivity index (χ3v) is 4.80. The summed E-state index contributed by atoms with van der Waals surface area (Å²) in [4.78, 5) is 24.4. The van der Waals surface area contributed by atoms with E-state index in [-0.39, 0.29) is 23.8 Å². The van der Waals surface area contributed by atoms with E-state index in [9.17, 15) is 9.59 Å². The minimum absolute atomic E-state index is 0.0858. The Morgan fingerprint density at radius 2 is 1.78 bits per heavy atom. The molecule has 0 aliphatic carbocycles. The summed E-state index contributed by atoms with van der Waals surface area (Å²) in [5.41, 5.74) is 5.29. The number of nitrogens with one attached hydrogen (secondary N) is 2. The lowest BCUT2D eigenvalue weighted by molar-refractivity contribution is -0.119. The summed E-state index contributed by atoms with van der Waals surface area (Å²) in [5, 5.41) is 7.31. The number of halogens is 1. The molecule has 0 atom stereocenters. The highest BCUT2D eigenvalue weighted by molar-refractivity contribution is 6.33.